The van der Waals surface area contributed by atoms with Crippen LogP contribution in [0.4, 0.5) is 0 Å². The summed E-state index contributed by atoms with van der Waals surface area (Å²) < 4.78 is 5.70. The second-order valence-electron chi connectivity index (χ2n) is 7.55. The van der Waals surface area contributed by atoms with E-state index in [2.05, 4.69) is 19.2 Å². The van der Waals surface area contributed by atoms with Gasteiger partial charge in [-0.2, -0.15) is 0 Å². The van der Waals surface area contributed by atoms with Gasteiger partial charge in [0.1, 0.15) is 0 Å². The molecular weight excluding hydrogens is 346 g/mol. The van der Waals surface area contributed by atoms with Crippen LogP contribution in [0.2, 0.25) is 0 Å². The largest absolute Gasteiger partial charge is 0.373 e. The van der Waals surface area contributed by atoms with Crippen molar-refractivity contribution >= 4 is 30.1 Å². The van der Waals surface area contributed by atoms with Crippen LogP contribution in [0.5, 0.6) is 0 Å². The number of nitrogens with two attached hydrogens (primary N) is 1. The van der Waals surface area contributed by atoms with Gasteiger partial charge in [0.25, 0.3) is 0 Å². The van der Waals surface area contributed by atoms with E-state index in [9.17, 15) is 14.4 Å². The zero-order valence-corrected chi connectivity index (χ0v) is 15.6. The Bertz CT molecular complexity index is 514. The summed E-state index contributed by atoms with van der Waals surface area (Å²) in [6.07, 6.45) is 2.43. The minimum Gasteiger partial charge on any atom is -0.373 e. The number of hydrogen-bond donors (Lipinski definition) is 2. The Morgan fingerprint density at radius 1 is 1.24 bits per heavy atom. The highest BCUT2D eigenvalue weighted by Crippen LogP contribution is 2.48. The van der Waals surface area contributed by atoms with Gasteiger partial charge in [-0.15, -0.1) is 12.4 Å². The number of rotatable bonds is 7. The third-order valence-corrected chi connectivity index (χ3v) is 5.34. The quantitative estimate of drug-likeness (QED) is 0.631. The van der Waals surface area contributed by atoms with Gasteiger partial charge in [0.05, 0.1) is 24.0 Å². The van der Waals surface area contributed by atoms with Crippen LogP contribution >= 0.6 is 12.4 Å². The lowest BCUT2D eigenvalue weighted by Gasteiger charge is -2.20. The highest BCUT2D eigenvalue weighted by molar-refractivity contribution is 6.06. The predicted molar refractivity (Wildman–Crippen MR) is 93.9 cm³/mol. The van der Waals surface area contributed by atoms with Gasteiger partial charge >= 0.3 is 0 Å². The molecule has 0 saturated carbocycles. The van der Waals surface area contributed by atoms with Gasteiger partial charge in [-0.05, 0) is 25.2 Å². The van der Waals surface area contributed by atoms with Gasteiger partial charge in [-0.1, -0.05) is 13.8 Å². The fourth-order valence-corrected chi connectivity index (χ4v) is 4.29. The second kappa shape index (κ2) is 8.01. The Morgan fingerprint density at radius 3 is 2.28 bits per heavy atom. The number of hydrogen-bond acceptors (Lipinski definition) is 5. The van der Waals surface area contributed by atoms with Crippen molar-refractivity contribution in [2.45, 2.75) is 57.8 Å². The first-order chi connectivity index (χ1) is 11.4. The molecule has 3 N–H and O–H groups in total. The predicted octanol–water partition coefficient (Wildman–Crippen LogP) is 0.450. The first-order valence-electron chi connectivity index (χ1n) is 8.92. The van der Waals surface area contributed by atoms with Crippen LogP contribution in [0.15, 0.2) is 0 Å². The van der Waals surface area contributed by atoms with E-state index in [1.165, 1.54) is 4.90 Å². The highest BCUT2D eigenvalue weighted by Gasteiger charge is 2.62. The highest BCUT2D eigenvalue weighted by atomic mass is 35.5. The summed E-state index contributed by atoms with van der Waals surface area (Å²) in [6, 6.07) is -0.0638. The number of imide groups is 1. The molecule has 25 heavy (non-hydrogen) atoms. The summed E-state index contributed by atoms with van der Waals surface area (Å²) >= 11 is 0. The number of amides is 3. The van der Waals surface area contributed by atoms with Crippen LogP contribution in [0, 0.1) is 17.8 Å². The minimum atomic E-state index is -0.322. The first kappa shape index (κ1) is 20.1. The van der Waals surface area contributed by atoms with E-state index in [0.717, 1.165) is 19.3 Å². The normalized spacial score (nSPS) is 31.3. The third kappa shape index (κ3) is 3.83. The minimum absolute atomic E-state index is 0. The van der Waals surface area contributed by atoms with Crippen molar-refractivity contribution in [2.75, 3.05) is 13.1 Å². The summed E-state index contributed by atoms with van der Waals surface area (Å²) in [7, 11) is 0. The van der Waals surface area contributed by atoms with Crippen molar-refractivity contribution in [3.63, 3.8) is 0 Å². The van der Waals surface area contributed by atoms with Gasteiger partial charge in [-0.25, -0.2) is 0 Å². The molecule has 8 heteroatoms. The van der Waals surface area contributed by atoms with E-state index in [1.807, 2.05) is 0 Å². The average molecular weight is 374 g/mol. The van der Waals surface area contributed by atoms with E-state index in [0.29, 0.717) is 12.5 Å². The molecule has 0 aromatic carbocycles. The number of carbonyl (C=O) groups excluding carboxylic acids is 3. The molecule has 5 unspecified atom stereocenters. The van der Waals surface area contributed by atoms with E-state index in [1.54, 1.807) is 0 Å². The van der Waals surface area contributed by atoms with Gasteiger partial charge in [0.15, 0.2) is 0 Å². The smallest absolute Gasteiger partial charge is 0.235 e. The Hall–Kier alpha value is -1.18. The molecule has 3 fully saturated rings. The van der Waals surface area contributed by atoms with Crippen molar-refractivity contribution < 1.29 is 19.1 Å². The molecule has 3 saturated heterocycles. The Balaban J connectivity index is 0.00000225. The molecule has 7 nitrogen and oxygen atoms in total. The molecule has 2 bridgehead atoms. The number of nitrogens with zero attached hydrogens (tertiary/aromatic N) is 1. The van der Waals surface area contributed by atoms with Crippen LogP contribution in [-0.4, -0.2) is 54.0 Å². The van der Waals surface area contributed by atoms with E-state index >= 15 is 0 Å². The molecule has 3 rings (SSSR count). The maximum atomic E-state index is 12.5. The zero-order chi connectivity index (χ0) is 17.4. The molecule has 0 aromatic heterocycles. The van der Waals surface area contributed by atoms with E-state index in [-0.39, 0.29) is 73.2 Å². The second-order valence-corrected chi connectivity index (χ2v) is 7.55. The number of likely N-dealkylation sites (tertiary alicyclic amines) is 1. The number of nitrogens with one attached hydrogen (secondary N) is 1. The number of halogens is 1. The van der Waals surface area contributed by atoms with Crippen molar-refractivity contribution in [2.24, 2.45) is 23.5 Å². The number of carbonyl (C=O) groups is 3. The molecule has 3 heterocycles. The Kier molecular flexibility index (Phi) is 6.45. The molecular formula is C17H28ClN3O4. The molecule has 5 atom stereocenters. The van der Waals surface area contributed by atoms with Crippen LogP contribution in [-0.2, 0) is 19.1 Å². The summed E-state index contributed by atoms with van der Waals surface area (Å²) in [6.45, 7) is 4.68. The number of ether oxygens (including phenoxy) is 1. The lowest BCUT2D eigenvalue weighted by atomic mass is 9.81. The molecule has 0 aromatic rings. The number of fused-ring (bicyclic) bond motifs is 5. The van der Waals surface area contributed by atoms with Crippen LogP contribution in [0.25, 0.3) is 0 Å². The fraction of sp³-hybridized carbons (Fsp3) is 0.824. The topological polar surface area (TPSA) is 102 Å². The van der Waals surface area contributed by atoms with Crippen molar-refractivity contribution in [1.29, 1.82) is 0 Å². The lowest BCUT2D eigenvalue weighted by molar-refractivity contribution is -0.142. The average Bonchev–Trinajstić information content (AvgIpc) is 3.19. The Labute approximate surface area is 154 Å². The van der Waals surface area contributed by atoms with Crippen LogP contribution in [0.1, 0.15) is 39.5 Å². The summed E-state index contributed by atoms with van der Waals surface area (Å²) in [5, 5.41) is 2.89. The standard InChI is InChI=1S/C17H27N3O4.ClH/c1-9(2)7-10(8-18)19-13(21)5-6-20-16(22)14-11-3-4-12(24-11)15(14)17(20)23;/h9-12,14-15H,3-8,18H2,1-2H3,(H,19,21);1H. The van der Waals surface area contributed by atoms with Gasteiger partial charge in [0, 0.05) is 25.6 Å². The van der Waals surface area contributed by atoms with Gasteiger partial charge < -0.3 is 15.8 Å². The first-order valence-corrected chi connectivity index (χ1v) is 8.92. The van der Waals surface area contributed by atoms with Crippen molar-refractivity contribution in [3.05, 3.63) is 0 Å². The van der Waals surface area contributed by atoms with Gasteiger partial charge in [0.2, 0.25) is 17.7 Å². The summed E-state index contributed by atoms with van der Waals surface area (Å²) in [5.41, 5.74) is 5.68. The fourth-order valence-electron chi connectivity index (χ4n) is 4.29. The summed E-state index contributed by atoms with van der Waals surface area (Å²) in [5.74, 6) is -0.697. The summed E-state index contributed by atoms with van der Waals surface area (Å²) in [4.78, 5) is 38.4. The maximum Gasteiger partial charge on any atom is 0.235 e. The molecule has 3 aliphatic heterocycles. The monoisotopic (exact) mass is 373 g/mol. The third-order valence-electron chi connectivity index (χ3n) is 5.34. The van der Waals surface area contributed by atoms with E-state index in [4.69, 9.17) is 10.5 Å². The van der Waals surface area contributed by atoms with E-state index < -0.39 is 0 Å². The maximum absolute atomic E-state index is 12.5. The van der Waals surface area contributed by atoms with Crippen molar-refractivity contribution in [1.82, 2.24) is 10.2 Å². The zero-order valence-electron chi connectivity index (χ0n) is 14.8. The van der Waals surface area contributed by atoms with Crippen molar-refractivity contribution in [3.8, 4) is 0 Å². The molecule has 3 amide bonds. The molecule has 0 radical (unpaired) electrons. The SMILES string of the molecule is CC(C)CC(CN)NC(=O)CCN1C(=O)C2C3CCC(O3)C2C1=O.Cl. The lowest BCUT2D eigenvalue weighted by Crippen LogP contribution is -2.43. The molecule has 142 valence electrons. The molecule has 3 aliphatic rings. The Morgan fingerprint density at radius 2 is 1.80 bits per heavy atom. The van der Waals surface area contributed by atoms with Gasteiger partial charge in [-0.3, -0.25) is 19.3 Å². The molecule has 0 aliphatic carbocycles. The van der Waals surface area contributed by atoms with Crippen LogP contribution < -0.4 is 11.1 Å². The molecule has 0 spiro atoms. The van der Waals surface area contributed by atoms with Crippen LogP contribution in [0.3, 0.4) is 0 Å².